The summed E-state index contributed by atoms with van der Waals surface area (Å²) in [5, 5.41) is 8.03. The molecule has 0 amide bonds. The number of fused-ring (bicyclic) bond motifs is 2. The van der Waals surface area contributed by atoms with Gasteiger partial charge < -0.3 is 4.99 Å². The van der Waals surface area contributed by atoms with E-state index in [2.05, 4.69) is 16.2 Å². The molecule has 0 fully saturated rings. The van der Waals surface area contributed by atoms with Gasteiger partial charge in [0, 0.05) is 11.4 Å². The van der Waals surface area contributed by atoms with Crippen LogP contribution in [0.4, 0.5) is 0 Å². The molecule has 0 N–H and O–H groups in total. The van der Waals surface area contributed by atoms with Gasteiger partial charge in [-0.2, -0.15) is 5.10 Å². The topological polar surface area (TPSA) is 47.2 Å². The van der Waals surface area contributed by atoms with E-state index in [0.717, 1.165) is 27.2 Å². The molecule has 2 aromatic carbocycles. The molecule has 0 bridgehead atoms. The van der Waals surface area contributed by atoms with E-state index >= 15 is 0 Å². The van der Waals surface area contributed by atoms with Crippen LogP contribution in [0, 0.1) is 19.9 Å². The Bertz CT molecular complexity index is 1100. The van der Waals surface area contributed by atoms with Crippen molar-refractivity contribution in [3.63, 3.8) is 0 Å². The van der Waals surface area contributed by atoms with Crippen LogP contribution in [0.3, 0.4) is 0 Å². The van der Waals surface area contributed by atoms with Gasteiger partial charge in [-0.1, -0.05) is 25.1 Å². The fourth-order valence-electron chi connectivity index (χ4n) is 3.05. The van der Waals surface area contributed by atoms with Crippen LogP contribution in [0.25, 0.3) is 16.8 Å². The van der Waals surface area contributed by atoms with Crippen molar-refractivity contribution >= 4 is 16.8 Å². The van der Waals surface area contributed by atoms with Crippen molar-refractivity contribution in [3.8, 4) is 0 Å². The average Bonchev–Trinajstić information content (AvgIpc) is 2.94. The van der Waals surface area contributed by atoms with E-state index in [1.807, 2.05) is 56.3 Å². The summed E-state index contributed by atoms with van der Waals surface area (Å²) in [5.74, 6) is 0. The fourth-order valence-corrected chi connectivity index (χ4v) is 3.05. The second-order valence-corrected chi connectivity index (χ2v) is 5.96. The summed E-state index contributed by atoms with van der Waals surface area (Å²) < 4.78 is 1.53. The van der Waals surface area contributed by atoms with Crippen molar-refractivity contribution in [2.75, 3.05) is 0 Å². The van der Waals surface area contributed by atoms with E-state index in [0.29, 0.717) is 11.9 Å². The summed E-state index contributed by atoms with van der Waals surface area (Å²) >= 11 is 0. The summed E-state index contributed by atoms with van der Waals surface area (Å²) in [6, 6.07) is 14.8. The molecule has 1 aromatic heterocycles. The van der Waals surface area contributed by atoms with Crippen molar-refractivity contribution in [1.82, 2.24) is 9.78 Å². The molecule has 24 heavy (non-hydrogen) atoms. The van der Waals surface area contributed by atoms with Gasteiger partial charge in [0.15, 0.2) is 0 Å². The standard InChI is InChI=1S/C19H16N3O.Y/c1-12-7-8-14-10-15(20-18(14)9-12)11-22-19(23)17-6-4-3-5-16(17)13(2)21-22;/h3-7,9-10,15H,11H2,1-2H3;/q-1;+3. The van der Waals surface area contributed by atoms with Crippen LogP contribution in [-0.4, -0.2) is 15.8 Å². The van der Waals surface area contributed by atoms with Crippen molar-refractivity contribution in [3.05, 3.63) is 74.7 Å². The number of benzene rings is 2. The van der Waals surface area contributed by atoms with Gasteiger partial charge in [0.25, 0.3) is 5.56 Å². The van der Waals surface area contributed by atoms with Crippen LogP contribution in [0.5, 0.6) is 0 Å². The monoisotopic (exact) mass is 391 g/mol. The first-order valence-electron chi connectivity index (χ1n) is 7.66. The minimum Gasteiger partial charge on any atom is -0.334 e. The van der Waals surface area contributed by atoms with E-state index in [1.54, 1.807) is 0 Å². The molecular formula is C19H16N3OY+2. The molecule has 0 saturated carbocycles. The van der Waals surface area contributed by atoms with Crippen LogP contribution >= 0.6 is 0 Å². The summed E-state index contributed by atoms with van der Waals surface area (Å²) in [7, 11) is 0. The number of hydrogen-bond donors (Lipinski definition) is 0. The van der Waals surface area contributed by atoms with Gasteiger partial charge in [0.1, 0.15) is 0 Å². The zero-order chi connectivity index (χ0) is 16.0. The molecule has 0 saturated heterocycles. The maximum absolute atomic E-state index is 12.6. The van der Waals surface area contributed by atoms with Gasteiger partial charge in [-0.3, -0.25) is 4.79 Å². The van der Waals surface area contributed by atoms with Crippen molar-refractivity contribution in [1.29, 1.82) is 0 Å². The van der Waals surface area contributed by atoms with E-state index in [4.69, 9.17) is 0 Å². The fraction of sp³-hybridized carbons (Fsp3) is 0.211. The first-order chi connectivity index (χ1) is 11.1. The molecule has 3 aromatic rings. The summed E-state index contributed by atoms with van der Waals surface area (Å²) in [6.45, 7) is 4.41. The van der Waals surface area contributed by atoms with E-state index in [1.165, 1.54) is 4.68 Å². The molecule has 1 aliphatic heterocycles. The molecule has 0 spiro atoms. The number of nitrogens with zero attached hydrogens (tertiary/aromatic N) is 3. The van der Waals surface area contributed by atoms with Crippen molar-refractivity contribution in [2.24, 2.45) is 4.99 Å². The number of aromatic nitrogens is 2. The third-order valence-corrected chi connectivity index (χ3v) is 4.17. The predicted molar refractivity (Wildman–Crippen MR) is 89.8 cm³/mol. The smallest absolute Gasteiger partial charge is 0.334 e. The van der Waals surface area contributed by atoms with Crippen LogP contribution in [-0.2, 0) is 39.3 Å². The predicted octanol–water partition coefficient (Wildman–Crippen LogP) is 1.29. The molecule has 2 heterocycles. The minimum absolute atomic E-state index is 0. The van der Waals surface area contributed by atoms with Gasteiger partial charge >= 0.3 is 32.7 Å². The quantitative estimate of drug-likeness (QED) is 0.619. The van der Waals surface area contributed by atoms with E-state index in [-0.39, 0.29) is 44.3 Å². The molecule has 1 unspecified atom stereocenters. The first kappa shape index (κ1) is 17.2. The summed E-state index contributed by atoms with van der Waals surface area (Å²) in [5.41, 5.74) is 1.93. The van der Waals surface area contributed by atoms with Crippen molar-refractivity contribution in [2.45, 2.75) is 26.4 Å². The Kier molecular flexibility index (Phi) is 4.79. The Morgan fingerprint density at radius 2 is 1.96 bits per heavy atom. The maximum Gasteiger partial charge on any atom is 3.00 e. The zero-order valence-electron chi connectivity index (χ0n) is 13.7. The van der Waals surface area contributed by atoms with E-state index < -0.39 is 0 Å². The van der Waals surface area contributed by atoms with Crippen LogP contribution in [0.15, 0.2) is 46.2 Å². The largest absolute Gasteiger partial charge is 3.00 e. The molecule has 114 valence electrons. The molecular weight excluding hydrogens is 375 g/mol. The third-order valence-electron chi connectivity index (χ3n) is 4.17. The van der Waals surface area contributed by atoms with Gasteiger partial charge in [-0.15, -0.1) is 35.1 Å². The average molecular weight is 391 g/mol. The van der Waals surface area contributed by atoms with Crippen molar-refractivity contribution < 1.29 is 32.7 Å². The van der Waals surface area contributed by atoms with Gasteiger partial charge in [0.2, 0.25) is 0 Å². The Morgan fingerprint density at radius 3 is 2.75 bits per heavy atom. The van der Waals surface area contributed by atoms with Gasteiger partial charge in [-0.25, -0.2) is 4.68 Å². The minimum atomic E-state index is -0.0752. The summed E-state index contributed by atoms with van der Waals surface area (Å²) in [4.78, 5) is 17.3. The van der Waals surface area contributed by atoms with Crippen LogP contribution in [0.1, 0.15) is 11.3 Å². The second-order valence-electron chi connectivity index (χ2n) is 5.96. The third kappa shape index (κ3) is 3.01. The molecule has 4 rings (SSSR count). The van der Waals surface area contributed by atoms with Crippen LogP contribution < -0.4 is 16.1 Å². The molecule has 1 aliphatic rings. The number of hydrogen-bond acceptors (Lipinski definition) is 3. The molecule has 0 aliphatic carbocycles. The Hall–Kier alpha value is -1.65. The molecule has 5 heteroatoms. The second kappa shape index (κ2) is 6.69. The molecule has 1 atom stereocenters. The van der Waals surface area contributed by atoms with Gasteiger partial charge in [0.05, 0.1) is 17.6 Å². The first-order valence-corrected chi connectivity index (χ1v) is 7.66. The maximum atomic E-state index is 12.6. The Balaban J connectivity index is 0.00000169. The summed E-state index contributed by atoms with van der Waals surface area (Å²) in [6.07, 6.45) is 2.05. The molecule has 4 nitrogen and oxygen atoms in total. The number of aryl methyl sites for hydroxylation is 2. The van der Waals surface area contributed by atoms with Crippen LogP contribution in [0.2, 0.25) is 0 Å². The SMILES string of the molecule is Cc1c[c-]c2c(c1)=NC(Cn1nc(C)c3ccccc3c1=O)C=2.[Y+3]. The Labute approximate surface area is 164 Å². The van der Waals surface area contributed by atoms with Gasteiger partial charge in [-0.05, 0) is 18.3 Å². The van der Waals surface area contributed by atoms with E-state index in [9.17, 15) is 4.79 Å². The number of rotatable bonds is 2. The Morgan fingerprint density at radius 1 is 1.21 bits per heavy atom. The molecule has 0 radical (unpaired) electrons. The normalized spacial score (nSPS) is 15.3. The zero-order valence-corrected chi connectivity index (χ0v) is 16.5.